The van der Waals surface area contributed by atoms with Crippen LogP contribution in [0.4, 0.5) is 0 Å². The molecule has 3 fully saturated rings. The number of aromatic nitrogens is 1. The van der Waals surface area contributed by atoms with Gasteiger partial charge in [-0.15, -0.1) is 0 Å². The summed E-state index contributed by atoms with van der Waals surface area (Å²) < 4.78 is 32.4. The average molecular weight is 411 g/mol. The Balaban J connectivity index is 1.28. The van der Waals surface area contributed by atoms with Gasteiger partial charge in [-0.2, -0.15) is 4.31 Å². The van der Waals surface area contributed by atoms with Crippen molar-refractivity contribution in [1.29, 1.82) is 0 Å². The predicted octanol–water partition coefficient (Wildman–Crippen LogP) is 1.46. The van der Waals surface area contributed by atoms with Crippen LogP contribution in [0.5, 0.6) is 0 Å². The number of amides is 1. The lowest BCUT2D eigenvalue weighted by Crippen LogP contribution is -2.51. The summed E-state index contributed by atoms with van der Waals surface area (Å²) in [5.74, 6) is 1.64. The van der Waals surface area contributed by atoms with Gasteiger partial charge in [-0.05, 0) is 64.5 Å². The number of rotatable bonds is 7. The van der Waals surface area contributed by atoms with E-state index in [2.05, 4.69) is 15.8 Å². The Morgan fingerprint density at radius 3 is 2.86 bits per heavy atom. The van der Waals surface area contributed by atoms with Gasteiger partial charge in [0.25, 0.3) is 5.91 Å². The van der Waals surface area contributed by atoms with Crippen molar-refractivity contribution < 1.29 is 17.7 Å². The van der Waals surface area contributed by atoms with Crippen LogP contribution in [0, 0.1) is 5.92 Å². The highest BCUT2D eigenvalue weighted by molar-refractivity contribution is 7.89. The predicted molar refractivity (Wildman–Crippen MR) is 105 cm³/mol. The highest BCUT2D eigenvalue weighted by Crippen LogP contribution is 2.40. The third-order valence-electron chi connectivity index (χ3n) is 6.19. The van der Waals surface area contributed by atoms with Crippen LogP contribution < -0.4 is 10.6 Å². The van der Waals surface area contributed by atoms with Crippen molar-refractivity contribution in [3.05, 3.63) is 17.5 Å². The number of piperidine rings is 1. The minimum absolute atomic E-state index is 0.0472. The van der Waals surface area contributed by atoms with E-state index in [1.165, 1.54) is 0 Å². The maximum atomic E-state index is 12.8. The van der Waals surface area contributed by atoms with Crippen LogP contribution in [0.1, 0.15) is 67.6 Å². The standard InChI is InChI=1S/C19H30N4O4S/c1-13-10-16(21-19(24)17-11-18(27-22-17)15-2-3-15)5-8-23(13)28(25,26)9-6-14-4-7-20-12-14/h11,13-16,20H,2-10,12H2,1H3,(H,21,24)/t13-,14-,16-/m0/s1. The molecule has 28 heavy (non-hydrogen) atoms. The molecule has 3 aliphatic rings. The molecule has 1 aromatic heterocycles. The molecule has 0 unspecified atom stereocenters. The first-order valence-electron chi connectivity index (χ1n) is 10.4. The van der Waals surface area contributed by atoms with Crippen molar-refractivity contribution in [1.82, 2.24) is 20.1 Å². The van der Waals surface area contributed by atoms with Crippen molar-refractivity contribution >= 4 is 15.9 Å². The van der Waals surface area contributed by atoms with Gasteiger partial charge in [0.05, 0.1) is 5.75 Å². The first-order chi connectivity index (χ1) is 13.4. The molecule has 9 heteroatoms. The van der Waals surface area contributed by atoms with E-state index in [1.807, 2.05) is 6.92 Å². The second-order valence-electron chi connectivity index (χ2n) is 8.51. The summed E-state index contributed by atoms with van der Waals surface area (Å²) in [6, 6.07) is 1.56. The zero-order valence-electron chi connectivity index (χ0n) is 16.4. The van der Waals surface area contributed by atoms with Crippen LogP contribution in [0.2, 0.25) is 0 Å². The van der Waals surface area contributed by atoms with E-state index >= 15 is 0 Å². The zero-order valence-corrected chi connectivity index (χ0v) is 17.2. The zero-order chi connectivity index (χ0) is 19.7. The number of sulfonamides is 1. The van der Waals surface area contributed by atoms with E-state index in [0.29, 0.717) is 43.3 Å². The smallest absolute Gasteiger partial charge is 0.273 e. The molecule has 0 spiro atoms. The van der Waals surface area contributed by atoms with Crippen molar-refractivity contribution in [3.8, 4) is 0 Å². The highest BCUT2D eigenvalue weighted by Gasteiger charge is 2.35. The molecule has 1 saturated carbocycles. The molecular weight excluding hydrogens is 380 g/mol. The van der Waals surface area contributed by atoms with E-state index in [0.717, 1.165) is 38.1 Å². The van der Waals surface area contributed by atoms with Crippen molar-refractivity contribution in [3.63, 3.8) is 0 Å². The molecular formula is C19H30N4O4S. The van der Waals surface area contributed by atoms with Gasteiger partial charge in [-0.3, -0.25) is 4.79 Å². The van der Waals surface area contributed by atoms with E-state index in [-0.39, 0.29) is 23.7 Å². The van der Waals surface area contributed by atoms with Gasteiger partial charge in [0.1, 0.15) is 5.76 Å². The van der Waals surface area contributed by atoms with Gasteiger partial charge in [0.2, 0.25) is 10.0 Å². The average Bonchev–Trinajstić information content (AvgIpc) is 3.17. The molecule has 8 nitrogen and oxygen atoms in total. The fraction of sp³-hybridized carbons (Fsp3) is 0.789. The van der Waals surface area contributed by atoms with Gasteiger partial charge in [0, 0.05) is 30.6 Å². The Bertz CT molecular complexity index is 799. The molecule has 0 aromatic carbocycles. The first-order valence-corrected chi connectivity index (χ1v) is 12.0. The lowest BCUT2D eigenvalue weighted by atomic mass is 10.0. The van der Waals surface area contributed by atoms with E-state index in [4.69, 9.17) is 4.52 Å². The second-order valence-corrected chi connectivity index (χ2v) is 10.5. The SMILES string of the molecule is C[C@H]1C[C@@H](NC(=O)c2cc(C3CC3)on2)CCN1S(=O)(=O)CC[C@@H]1CCNC1. The summed E-state index contributed by atoms with van der Waals surface area (Å²) in [6.45, 7) is 4.28. The van der Waals surface area contributed by atoms with Crippen LogP contribution in [-0.2, 0) is 10.0 Å². The Labute approximate surface area is 166 Å². The first kappa shape index (κ1) is 19.8. The Morgan fingerprint density at radius 1 is 1.36 bits per heavy atom. The summed E-state index contributed by atoms with van der Waals surface area (Å²) >= 11 is 0. The van der Waals surface area contributed by atoms with Crippen LogP contribution >= 0.6 is 0 Å². The van der Waals surface area contributed by atoms with Crippen LogP contribution in [0.25, 0.3) is 0 Å². The number of hydrogen-bond donors (Lipinski definition) is 2. The molecule has 1 aliphatic carbocycles. The van der Waals surface area contributed by atoms with E-state index < -0.39 is 10.0 Å². The number of nitrogens with one attached hydrogen (secondary N) is 2. The van der Waals surface area contributed by atoms with Crippen LogP contribution in [0.3, 0.4) is 0 Å². The summed E-state index contributed by atoms with van der Waals surface area (Å²) in [6.07, 6.45) is 5.20. The van der Waals surface area contributed by atoms with Gasteiger partial charge in [-0.1, -0.05) is 5.16 Å². The van der Waals surface area contributed by atoms with Crippen molar-refractivity contribution in [2.75, 3.05) is 25.4 Å². The summed E-state index contributed by atoms with van der Waals surface area (Å²) in [5.41, 5.74) is 0.315. The molecule has 1 amide bonds. The monoisotopic (exact) mass is 410 g/mol. The molecule has 2 saturated heterocycles. The normalized spacial score (nSPS) is 29.1. The minimum atomic E-state index is -3.26. The van der Waals surface area contributed by atoms with Gasteiger partial charge in [0.15, 0.2) is 5.69 Å². The largest absolute Gasteiger partial charge is 0.360 e. The summed E-state index contributed by atoms with van der Waals surface area (Å²) in [5, 5.41) is 10.2. The number of carbonyl (C=O) groups excluding carboxylic acids is 1. The lowest BCUT2D eigenvalue weighted by molar-refractivity contribution is 0.0905. The second kappa shape index (κ2) is 8.12. The number of hydrogen-bond acceptors (Lipinski definition) is 6. The third kappa shape index (κ3) is 4.58. The maximum absolute atomic E-state index is 12.8. The maximum Gasteiger partial charge on any atom is 0.273 e. The Kier molecular flexibility index (Phi) is 5.76. The fourth-order valence-corrected chi connectivity index (χ4v) is 6.19. The van der Waals surface area contributed by atoms with Gasteiger partial charge < -0.3 is 15.2 Å². The molecule has 2 N–H and O–H groups in total. The molecule has 2 aliphatic heterocycles. The minimum Gasteiger partial charge on any atom is -0.360 e. The fourth-order valence-electron chi connectivity index (χ4n) is 4.30. The molecule has 4 rings (SSSR count). The number of nitrogens with zero attached hydrogens (tertiary/aromatic N) is 2. The lowest BCUT2D eigenvalue weighted by Gasteiger charge is -2.37. The van der Waals surface area contributed by atoms with E-state index in [9.17, 15) is 13.2 Å². The molecule has 0 bridgehead atoms. The Hall–Kier alpha value is -1.45. The van der Waals surface area contributed by atoms with Crippen LogP contribution in [0.15, 0.2) is 10.6 Å². The molecule has 1 aromatic rings. The quantitative estimate of drug-likeness (QED) is 0.705. The van der Waals surface area contributed by atoms with E-state index in [1.54, 1.807) is 10.4 Å². The van der Waals surface area contributed by atoms with Crippen molar-refractivity contribution in [2.24, 2.45) is 5.92 Å². The highest BCUT2D eigenvalue weighted by atomic mass is 32.2. The van der Waals surface area contributed by atoms with Gasteiger partial charge in [-0.25, -0.2) is 8.42 Å². The molecule has 3 heterocycles. The Morgan fingerprint density at radius 2 is 2.18 bits per heavy atom. The van der Waals surface area contributed by atoms with Gasteiger partial charge >= 0.3 is 0 Å². The third-order valence-corrected chi connectivity index (χ3v) is 8.20. The van der Waals surface area contributed by atoms with Crippen molar-refractivity contribution in [2.45, 2.75) is 63.5 Å². The molecule has 156 valence electrons. The molecule has 3 atom stereocenters. The molecule has 0 radical (unpaired) electrons. The topological polar surface area (TPSA) is 105 Å². The number of carbonyl (C=O) groups is 1. The van der Waals surface area contributed by atoms with Crippen LogP contribution in [-0.4, -0.2) is 61.3 Å². The summed E-state index contributed by atoms with van der Waals surface area (Å²) in [4.78, 5) is 12.4. The summed E-state index contributed by atoms with van der Waals surface area (Å²) in [7, 11) is -3.26.